The second kappa shape index (κ2) is 12.0. The molecule has 0 unspecified atom stereocenters. The van der Waals surface area contributed by atoms with E-state index in [0.29, 0.717) is 43.4 Å². The van der Waals surface area contributed by atoms with Crippen LogP contribution in [0.15, 0.2) is 52.8 Å². The molecule has 0 saturated carbocycles. The third-order valence-corrected chi connectivity index (χ3v) is 6.30. The lowest BCUT2D eigenvalue weighted by atomic mass is 10.1. The van der Waals surface area contributed by atoms with Crippen LogP contribution in [0.3, 0.4) is 0 Å². The molecule has 2 N–H and O–H groups in total. The Bertz CT molecular complexity index is 975. The molecule has 1 saturated heterocycles. The summed E-state index contributed by atoms with van der Waals surface area (Å²) in [6.45, 7) is 4.00. The van der Waals surface area contributed by atoms with Gasteiger partial charge in [0.25, 0.3) is 6.20 Å². The summed E-state index contributed by atoms with van der Waals surface area (Å²) in [5, 5.41) is 16.2. The van der Waals surface area contributed by atoms with Crippen molar-refractivity contribution in [3.63, 3.8) is 0 Å². The van der Waals surface area contributed by atoms with Gasteiger partial charge < -0.3 is 20.0 Å². The van der Waals surface area contributed by atoms with Crippen molar-refractivity contribution in [2.24, 2.45) is 0 Å². The third kappa shape index (κ3) is 7.87. The smallest absolute Gasteiger partial charge is 0.416 e. The standard InChI is InChI=1S/C22H28F3N5O3S/c1-26-21(15-30(31)32)27-7-12-34-16-20-6-5-19(33-20)14-28-8-10-29(11-9-28)18-4-2-3-17(13-18)22(23,24)25/h2-6,13,15,26-27H,7-12,14,16H2,1H3/b21-15+. The van der Waals surface area contributed by atoms with Crippen LogP contribution >= 0.6 is 11.8 Å². The highest BCUT2D eigenvalue weighted by Gasteiger charge is 2.31. The van der Waals surface area contributed by atoms with Crippen molar-refractivity contribution in [1.29, 1.82) is 0 Å². The maximum atomic E-state index is 13.0. The molecule has 0 radical (unpaired) electrons. The van der Waals surface area contributed by atoms with Gasteiger partial charge in [-0.3, -0.25) is 15.0 Å². The van der Waals surface area contributed by atoms with E-state index in [1.807, 2.05) is 17.0 Å². The zero-order valence-corrected chi connectivity index (χ0v) is 19.6. The molecule has 0 spiro atoms. The summed E-state index contributed by atoms with van der Waals surface area (Å²) in [4.78, 5) is 14.2. The van der Waals surface area contributed by atoms with E-state index < -0.39 is 16.7 Å². The van der Waals surface area contributed by atoms with Crippen LogP contribution in [0.1, 0.15) is 17.1 Å². The number of anilines is 1. The number of piperazine rings is 1. The summed E-state index contributed by atoms with van der Waals surface area (Å²) in [6, 6.07) is 9.36. The highest BCUT2D eigenvalue weighted by Crippen LogP contribution is 2.32. The van der Waals surface area contributed by atoms with Gasteiger partial charge in [-0.2, -0.15) is 24.9 Å². The summed E-state index contributed by atoms with van der Waals surface area (Å²) in [5.74, 6) is 3.52. The molecule has 1 fully saturated rings. The fourth-order valence-corrected chi connectivity index (χ4v) is 4.33. The largest absolute Gasteiger partial charge is 0.464 e. The first-order valence-electron chi connectivity index (χ1n) is 10.8. The maximum absolute atomic E-state index is 13.0. The number of nitrogens with zero attached hydrogens (tertiary/aromatic N) is 3. The lowest BCUT2D eigenvalue weighted by Crippen LogP contribution is -2.46. The Labute approximate surface area is 200 Å². The van der Waals surface area contributed by atoms with Crippen LogP contribution in [0.25, 0.3) is 0 Å². The molecule has 3 rings (SSSR count). The Hall–Kier alpha value is -2.86. The molecule has 2 heterocycles. The van der Waals surface area contributed by atoms with Crippen LogP contribution in [0.2, 0.25) is 0 Å². The Kier molecular flexibility index (Phi) is 9.11. The van der Waals surface area contributed by atoms with Gasteiger partial charge in [-0.15, -0.1) is 0 Å². The number of rotatable bonds is 11. The first kappa shape index (κ1) is 25.8. The van der Waals surface area contributed by atoms with Gasteiger partial charge in [0.2, 0.25) is 0 Å². The van der Waals surface area contributed by atoms with Crippen molar-refractivity contribution in [2.45, 2.75) is 18.5 Å². The molecule has 1 aromatic carbocycles. The number of thioether (sulfide) groups is 1. The number of alkyl halides is 3. The quantitative estimate of drug-likeness (QED) is 0.275. The van der Waals surface area contributed by atoms with Crippen molar-refractivity contribution in [2.75, 3.05) is 50.4 Å². The molecule has 2 aromatic rings. The van der Waals surface area contributed by atoms with Gasteiger partial charge >= 0.3 is 6.18 Å². The van der Waals surface area contributed by atoms with Crippen LogP contribution in [-0.2, 0) is 18.5 Å². The van der Waals surface area contributed by atoms with E-state index in [9.17, 15) is 23.3 Å². The van der Waals surface area contributed by atoms with Crippen LogP contribution < -0.4 is 15.5 Å². The summed E-state index contributed by atoms with van der Waals surface area (Å²) >= 11 is 1.66. The van der Waals surface area contributed by atoms with Crippen molar-refractivity contribution >= 4 is 17.4 Å². The SMILES string of the molecule is CN/C(=C\[N+](=O)[O-])NCCSCc1ccc(CN2CCN(c3cccc(C(F)(F)F)c3)CC2)o1. The lowest BCUT2D eigenvalue weighted by molar-refractivity contribution is -0.404. The summed E-state index contributed by atoms with van der Waals surface area (Å²) < 4.78 is 44.8. The number of nitro groups is 1. The molecule has 1 aliphatic rings. The zero-order chi connectivity index (χ0) is 24.6. The van der Waals surface area contributed by atoms with Gasteiger partial charge in [0, 0.05) is 51.2 Å². The Morgan fingerprint density at radius 3 is 2.62 bits per heavy atom. The molecule has 34 heavy (non-hydrogen) atoms. The van der Waals surface area contributed by atoms with Crippen LogP contribution in [-0.4, -0.2) is 55.3 Å². The molecule has 1 aromatic heterocycles. The number of nitrogens with one attached hydrogen (secondary N) is 2. The first-order chi connectivity index (χ1) is 16.2. The second-order valence-corrected chi connectivity index (χ2v) is 8.84. The Morgan fingerprint density at radius 2 is 1.94 bits per heavy atom. The van der Waals surface area contributed by atoms with E-state index >= 15 is 0 Å². The maximum Gasteiger partial charge on any atom is 0.416 e. The Morgan fingerprint density at radius 1 is 1.21 bits per heavy atom. The second-order valence-electron chi connectivity index (χ2n) is 7.74. The third-order valence-electron chi connectivity index (χ3n) is 5.32. The average Bonchev–Trinajstić information content (AvgIpc) is 3.25. The molecular formula is C22H28F3N5O3S. The van der Waals surface area contributed by atoms with E-state index in [0.717, 1.165) is 42.6 Å². The Balaban J connectivity index is 1.39. The normalized spacial score (nSPS) is 15.4. The predicted octanol–water partition coefficient (Wildman–Crippen LogP) is 3.74. The van der Waals surface area contributed by atoms with Crippen LogP contribution in [0.4, 0.5) is 18.9 Å². The van der Waals surface area contributed by atoms with E-state index in [2.05, 4.69) is 15.5 Å². The van der Waals surface area contributed by atoms with Gasteiger partial charge in [0.15, 0.2) is 5.82 Å². The molecular weight excluding hydrogens is 471 g/mol. The topological polar surface area (TPSA) is 86.8 Å². The summed E-state index contributed by atoms with van der Waals surface area (Å²) in [5.41, 5.74) is -0.0309. The molecule has 1 aliphatic heterocycles. The fourth-order valence-electron chi connectivity index (χ4n) is 3.58. The number of hydrogen-bond acceptors (Lipinski definition) is 8. The average molecular weight is 500 g/mol. The van der Waals surface area contributed by atoms with E-state index in [1.165, 1.54) is 12.1 Å². The number of benzene rings is 1. The monoisotopic (exact) mass is 499 g/mol. The minimum atomic E-state index is -4.34. The highest BCUT2D eigenvalue weighted by molar-refractivity contribution is 7.98. The minimum absolute atomic E-state index is 0.360. The van der Waals surface area contributed by atoms with Crippen molar-refractivity contribution < 1.29 is 22.5 Å². The fraction of sp³-hybridized carbons (Fsp3) is 0.455. The van der Waals surface area contributed by atoms with Crippen LogP contribution in [0, 0.1) is 10.1 Å². The van der Waals surface area contributed by atoms with Crippen LogP contribution in [0.5, 0.6) is 0 Å². The lowest BCUT2D eigenvalue weighted by Gasteiger charge is -2.35. The molecule has 186 valence electrons. The van der Waals surface area contributed by atoms with Gasteiger partial charge in [-0.1, -0.05) is 6.07 Å². The number of furan rings is 1. The van der Waals surface area contributed by atoms with Crippen molar-refractivity contribution in [3.05, 3.63) is 75.6 Å². The predicted molar refractivity (Wildman–Crippen MR) is 126 cm³/mol. The van der Waals surface area contributed by atoms with Gasteiger partial charge in [-0.25, -0.2) is 0 Å². The minimum Gasteiger partial charge on any atom is -0.464 e. The molecule has 0 bridgehead atoms. The molecule has 0 atom stereocenters. The number of halogens is 3. The molecule has 0 amide bonds. The van der Waals surface area contributed by atoms with Crippen molar-refractivity contribution in [3.8, 4) is 0 Å². The summed E-state index contributed by atoms with van der Waals surface area (Å²) in [7, 11) is 1.62. The summed E-state index contributed by atoms with van der Waals surface area (Å²) in [6.07, 6.45) is -3.45. The van der Waals surface area contributed by atoms with E-state index in [4.69, 9.17) is 4.42 Å². The molecule has 0 aliphatic carbocycles. The zero-order valence-electron chi connectivity index (χ0n) is 18.8. The molecule has 8 nitrogen and oxygen atoms in total. The van der Waals surface area contributed by atoms with E-state index in [1.54, 1.807) is 24.9 Å². The number of hydrogen-bond donors (Lipinski definition) is 2. The molecule has 12 heteroatoms. The van der Waals surface area contributed by atoms with Gasteiger partial charge in [0.1, 0.15) is 11.5 Å². The highest BCUT2D eigenvalue weighted by atomic mass is 32.2. The van der Waals surface area contributed by atoms with Crippen molar-refractivity contribution in [1.82, 2.24) is 15.5 Å². The van der Waals surface area contributed by atoms with E-state index in [-0.39, 0.29) is 0 Å². The first-order valence-corrected chi connectivity index (χ1v) is 12.0. The van der Waals surface area contributed by atoms with Gasteiger partial charge in [0.05, 0.1) is 22.8 Å². The van der Waals surface area contributed by atoms with Gasteiger partial charge in [-0.05, 0) is 30.3 Å².